The second-order valence-corrected chi connectivity index (χ2v) is 8.37. The zero-order chi connectivity index (χ0) is 17.9. The molecular weight excluding hydrogens is 338 g/mol. The van der Waals surface area contributed by atoms with Crippen molar-refractivity contribution in [3.63, 3.8) is 0 Å². The van der Waals surface area contributed by atoms with E-state index in [4.69, 9.17) is 4.74 Å². The van der Waals surface area contributed by atoms with Crippen LogP contribution in [0.25, 0.3) is 0 Å². The number of hydrogen-bond acceptors (Lipinski definition) is 7. The van der Waals surface area contributed by atoms with E-state index in [1.54, 1.807) is 13.8 Å². The van der Waals surface area contributed by atoms with Crippen molar-refractivity contribution in [1.82, 2.24) is 10.3 Å². The molecule has 0 radical (unpaired) electrons. The molecule has 0 aromatic carbocycles. The molecule has 134 valence electrons. The van der Waals surface area contributed by atoms with E-state index in [-0.39, 0.29) is 42.0 Å². The highest BCUT2D eigenvalue weighted by molar-refractivity contribution is 7.91. The first-order chi connectivity index (χ1) is 11.2. The van der Waals surface area contributed by atoms with E-state index in [2.05, 4.69) is 10.4 Å². The quantitative estimate of drug-likeness (QED) is 0.643. The van der Waals surface area contributed by atoms with Gasteiger partial charge in [-0.05, 0) is 20.3 Å². The van der Waals surface area contributed by atoms with Gasteiger partial charge in [-0.15, -0.1) is 0 Å². The Morgan fingerprint density at radius 2 is 2.08 bits per heavy atom. The molecule has 2 amide bonds. The lowest BCUT2D eigenvalue weighted by molar-refractivity contribution is -0.143. The molecule has 2 aliphatic rings. The molecule has 2 rings (SSSR count). The molecule has 0 spiro atoms. The molecule has 1 atom stereocenters. The molecule has 1 fully saturated rings. The predicted molar refractivity (Wildman–Crippen MR) is 84.8 cm³/mol. The number of sulfone groups is 1. The highest BCUT2D eigenvalue weighted by atomic mass is 32.2. The minimum absolute atomic E-state index is 0.00607. The molecule has 0 aromatic heterocycles. The van der Waals surface area contributed by atoms with E-state index in [0.29, 0.717) is 6.42 Å². The fourth-order valence-corrected chi connectivity index (χ4v) is 4.24. The monoisotopic (exact) mass is 359 g/mol. The van der Waals surface area contributed by atoms with E-state index in [1.165, 1.54) is 0 Å². The number of carbonyl (C=O) groups is 3. The summed E-state index contributed by atoms with van der Waals surface area (Å²) in [7, 11) is -3.17. The summed E-state index contributed by atoms with van der Waals surface area (Å²) in [5, 5.41) is 7.64. The average Bonchev–Trinajstić information content (AvgIpc) is 2.84. The van der Waals surface area contributed by atoms with Crippen molar-refractivity contribution in [3.05, 3.63) is 0 Å². The van der Waals surface area contributed by atoms with E-state index >= 15 is 0 Å². The Morgan fingerprint density at radius 1 is 1.38 bits per heavy atom. The third kappa shape index (κ3) is 4.76. The molecule has 0 saturated carbocycles. The number of hydrogen-bond donors (Lipinski definition) is 1. The van der Waals surface area contributed by atoms with Crippen LogP contribution >= 0.6 is 0 Å². The van der Waals surface area contributed by atoms with Crippen LogP contribution in [0, 0.1) is 0 Å². The van der Waals surface area contributed by atoms with Gasteiger partial charge in [0.1, 0.15) is 5.71 Å². The Labute approximate surface area is 140 Å². The second-order valence-electron chi connectivity index (χ2n) is 6.14. The average molecular weight is 359 g/mol. The van der Waals surface area contributed by atoms with Gasteiger partial charge in [-0.2, -0.15) is 5.10 Å². The highest BCUT2D eigenvalue weighted by Gasteiger charge is 2.37. The predicted octanol–water partition coefficient (Wildman–Crippen LogP) is -0.780. The van der Waals surface area contributed by atoms with Crippen molar-refractivity contribution >= 4 is 33.3 Å². The van der Waals surface area contributed by atoms with Crippen molar-refractivity contribution in [2.45, 2.75) is 45.2 Å². The van der Waals surface area contributed by atoms with Crippen molar-refractivity contribution in [3.8, 4) is 0 Å². The van der Waals surface area contributed by atoms with Gasteiger partial charge in [-0.3, -0.25) is 9.59 Å². The minimum atomic E-state index is -3.17. The first-order valence-corrected chi connectivity index (χ1v) is 9.56. The Balaban J connectivity index is 1.99. The van der Waals surface area contributed by atoms with Crippen molar-refractivity contribution in [2.75, 3.05) is 18.1 Å². The lowest BCUT2D eigenvalue weighted by Crippen LogP contribution is -2.42. The van der Waals surface area contributed by atoms with Crippen LogP contribution in [0.5, 0.6) is 0 Å². The van der Waals surface area contributed by atoms with E-state index in [9.17, 15) is 22.8 Å². The van der Waals surface area contributed by atoms with Crippen molar-refractivity contribution < 1.29 is 27.5 Å². The van der Waals surface area contributed by atoms with E-state index in [1.807, 2.05) is 0 Å². The van der Waals surface area contributed by atoms with Gasteiger partial charge in [0, 0.05) is 18.9 Å². The summed E-state index contributed by atoms with van der Waals surface area (Å²) < 4.78 is 28.0. The Hall–Kier alpha value is -1.97. The zero-order valence-corrected chi connectivity index (χ0v) is 14.5. The zero-order valence-electron chi connectivity index (χ0n) is 13.6. The standard InChI is InChI=1S/C14H21N3O6S/c1-9(2)15-12(18)7-23-14(20)11-3-4-13(19)17(16-11)10-5-6-24(21,22)8-10/h9-10H,3-8H2,1-2H3,(H,15,18)/t10-/m1/s1. The fourth-order valence-electron chi connectivity index (χ4n) is 2.55. The smallest absolute Gasteiger partial charge is 0.355 e. The van der Waals surface area contributed by atoms with Crippen LogP contribution in [0.15, 0.2) is 5.10 Å². The number of carbonyl (C=O) groups excluding carboxylic acids is 3. The van der Waals surface area contributed by atoms with E-state index < -0.39 is 34.4 Å². The summed E-state index contributed by atoms with van der Waals surface area (Å²) in [6.45, 7) is 3.13. The molecule has 0 unspecified atom stereocenters. The van der Waals surface area contributed by atoms with Crippen LogP contribution in [-0.2, 0) is 29.0 Å². The number of nitrogens with one attached hydrogen (secondary N) is 1. The van der Waals surface area contributed by atoms with Crippen LogP contribution in [-0.4, -0.2) is 67.1 Å². The van der Waals surface area contributed by atoms with Gasteiger partial charge < -0.3 is 10.1 Å². The molecule has 1 N–H and O–H groups in total. The first-order valence-electron chi connectivity index (χ1n) is 7.74. The van der Waals surface area contributed by atoms with Gasteiger partial charge in [0.25, 0.3) is 5.91 Å². The summed E-state index contributed by atoms with van der Waals surface area (Å²) in [5.41, 5.74) is 0.0243. The lowest BCUT2D eigenvalue weighted by Gasteiger charge is -2.27. The van der Waals surface area contributed by atoms with Gasteiger partial charge in [0.15, 0.2) is 16.4 Å². The largest absolute Gasteiger partial charge is 0.451 e. The molecule has 1 saturated heterocycles. The summed E-state index contributed by atoms with van der Waals surface area (Å²) in [6.07, 6.45) is 0.471. The normalized spacial score (nSPS) is 23.1. The summed E-state index contributed by atoms with van der Waals surface area (Å²) in [4.78, 5) is 35.4. The SMILES string of the molecule is CC(C)NC(=O)COC(=O)C1=NN([C@@H]2CCS(=O)(=O)C2)C(=O)CC1. The topological polar surface area (TPSA) is 122 Å². The molecule has 24 heavy (non-hydrogen) atoms. The maximum Gasteiger partial charge on any atom is 0.355 e. The summed E-state index contributed by atoms with van der Waals surface area (Å²) in [6, 6.07) is -0.615. The van der Waals surface area contributed by atoms with Gasteiger partial charge in [-0.25, -0.2) is 18.2 Å². The first kappa shape index (κ1) is 18.4. The molecule has 2 heterocycles. The summed E-state index contributed by atoms with van der Waals surface area (Å²) in [5.74, 6) is -1.66. The van der Waals surface area contributed by atoms with Crippen LogP contribution in [0.4, 0.5) is 0 Å². The maximum absolute atomic E-state index is 12.0. The van der Waals surface area contributed by atoms with E-state index in [0.717, 1.165) is 5.01 Å². The van der Waals surface area contributed by atoms with Gasteiger partial charge >= 0.3 is 5.97 Å². The molecular formula is C14H21N3O6S. The number of ether oxygens (including phenoxy) is 1. The Bertz CT molecular complexity index is 670. The summed E-state index contributed by atoms with van der Waals surface area (Å²) >= 11 is 0. The second kappa shape index (κ2) is 7.29. The van der Waals surface area contributed by atoms with Crippen LogP contribution in [0.3, 0.4) is 0 Å². The number of amides is 2. The lowest BCUT2D eigenvalue weighted by atomic mass is 10.1. The van der Waals surface area contributed by atoms with Gasteiger partial charge in [0.2, 0.25) is 5.91 Å². The van der Waals surface area contributed by atoms with Gasteiger partial charge in [-0.1, -0.05) is 0 Å². The third-order valence-electron chi connectivity index (χ3n) is 3.63. The number of nitrogens with zero attached hydrogens (tertiary/aromatic N) is 2. The number of esters is 1. The van der Waals surface area contributed by atoms with Crippen LogP contribution in [0.2, 0.25) is 0 Å². The van der Waals surface area contributed by atoms with Crippen molar-refractivity contribution in [2.24, 2.45) is 5.10 Å². The van der Waals surface area contributed by atoms with Gasteiger partial charge in [0.05, 0.1) is 17.5 Å². The molecule has 0 bridgehead atoms. The molecule has 9 nitrogen and oxygen atoms in total. The minimum Gasteiger partial charge on any atom is -0.451 e. The maximum atomic E-state index is 12.0. The number of hydrazone groups is 1. The van der Waals surface area contributed by atoms with Crippen LogP contribution < -0.4 is 5.32 Å². The third-order valence-corrected chi connectivity index (χ3v) is 5.38. The molecule has 0 aromatic rings. The Morgan fingerprint density at radius 3 is 2.67 bits per heavy atom. The highest BCUT2D eigenvalue weighted by Crippen LogP contribution is 2.22. The Kier molecular flexibility index (Phi) is 5.58. The van der Waals surface area contributed by atoms with Crippen molar-refractivity contribution in [1.29, 1.82) is 0 Å². The molecule has 2 aliphatic heterocycles. The van der Waals surface area contributed by atoms with Crippen LogP contribution in [0.1, 0.15) is 33.1 Å². The number of rotatable bonds is 5. The molecule has 10 heteroatoms. The fraction of sp³-hybridized carbons (Fsp3) is 0.714. The molecule has 0 aliphatic carbocycles.